The Morgan fingerprint density at radius 3 is 3.08 bits per heavy atom. The molecule has 2 atom stereocenters. The van der Waals surface area contributed by atoms with Gasteiger partial charge in [0.1, 0.15) is 5.51 Å². The number of carbonyl (C=O) groups is 1. The minimum absolute atomic E-state index is 0.0826. The summed E-state index contributed by atoms with van der Waals surface area (Å²) in [7, 11) is 0. The van der Waals surface area contributed by atoms with E-state index in [0.29, 0.717) is 11.0 Å². The molecule has 1 aromatic rings. The molecule has 0 unspecified atom stereocenters. The van der Waals surface area contributed by atoms with Crippen molar-refractivity contribution in [2.24, 2.45) is 11.8 Å². The third-order valence-corrected chi connectivity index (χ3v) is 2.64. The molecule has 0 radical (unpaired) electrons. The van der Waals surface area contributed by atoms with Crippen LogP contribution >= 0.6 is 11.3 Å². The number of rotatable bonds is 2. The van der Waals surface area contributed by atoms with E-state index in [1.54, 1.807) is 5.51 Å². The van der Waals surface area contributed by atoms with Gasteiger partial charge in [0, 0.05) is 5.92 Å². The molecule has 1 N–H and O–H groups in total. The number of amides is 1. The summed E-state index contributed by atoms with van der Waals surface area (Å²) in [6.07, 6.45) is 1.00. The van der Waals surface area contributed by atoms with E-state index in [9.17, 15) is 4.79 Å². The lowest BCUT2D eigenvalue weighted by Gasteiger charge is -1.96. The van der Waals surface area contributed by atoms with E-state index < -0.39 is 0 Å². The monoisotopic (exact) mass is 183 g/mol. The first-order valence-electron chi connectivity index (χ1n) is 3.84. The molecule has 1 fully saturated rings. The van der Waals surface area contributed by atoms with Gasteiger partial charge < -0.3 is 5.32 Å². The number of carbonyl (C=O) groups excluding carboxylic acids is 1. The highest BCUT2D eigenvalue weighted by Gasteiger charge is 2.39. The topological polar surface area (TPSA) is 54.9 Å². The molecule has 12 heavy (non-hydrogen) atoms. The van der Waals surface area contributed by atoms with Crippen molar-refractivity contribution in [1.82, 2.24) is 10.2 Å². The molecule has 1 heterocycles. The van der Waals surface area contributed by atoms with Crippen molar-refractivity contribution in [3.8, 4) is 0 Å². The lowest BCUT2D eigenvalue weighted by Crippen LogP contribution is -2.14. The molecule has 64 valence electrons. The van der Waals surface area contributed by atoms with Gasteiger partial charge in [-0.3, -0.25) is 4.79 Å². The third kappa shape index (κ3) is 1.45. The van der Waals surface area contributed by atoms with Crippen LogP contribution in [0.3, 0.4) is 0 Å². The normalized spacial score (nSPS) is 26.8. The lowest BCUT2D eigenvalue weighted by molar-refractivity contribution is -0.117. The maximum absolute atomic E-state index is 11.3. The first-order valence-corrected chi connectivity index (χ1v) is 4.72. The van der Waals surface area contributed by atoms with Crippen molar-refractivity contribution in [2.75, 3.05) is 5.32 Å². The van der Waals surface area contributed by atoms with E-state index in [1.807, 2.05) is 0 Å². The van der Waals surface area contributed by atoms with Crippen LogP contribution in [0.1, 0.15) is 13.3 Å². The summed E-state index contributed by atoms with van der Waals surface area (Å²) >= 11 is 1.34. The number of hydrogen-bond acceptors (Lipinski definition) is 4. The molecule has 4 nitrogen and oxygen atoms in total. The van der Waals surface area contributed by atoms with E-state index in [1.165, 1.54) is 11.3 Å². The Kier molecular flexibility index (Phi) is 1.80. The zero-order chi connectivity index (χ0) is 8.55. The molecule has 1 aromatic heterocycles. The number of nitrogens with zero attached hydrogens (tertiary/aromatic N) is 2. The largest absolute Gasteiger partial charge is 0.300 e. The van der Waals surface area contributed by atoms with Crippen LogP contribution in [0.15, 0.2) is 5.51 Å². The summed E-state index contributed by atoms with van der Waals surface area (Å²) in [5, 5.41) is 10.7. The summed E-state index contributed by atoms with van der Waals surface area (Å²) in [6, 6.07) is 0. The van der Waals surface area contributed by atoms with Crippen LogP contribution in [0, 0.1) is 11.8 Å². The highest BCUT2D eigenvalue weighted by molar-refractivity contribution is 7.13. The smallest absolute Gasteiger partial charge is 0.229 e. The van der Waals surface area contributed by atoms with Gasteiger partial charge in [0.2, 0.25) is 11.0 Å². The molecule has 0 spiro atoms. The van der Waals surface area contributed by atoms with Crippen molar-refractivity contribution >= 4 is 22.4 Å². The molecule has 1 saturated carbocycles. The fourth-order valence-electron chi connectivity index (χ4n) is 1.11. The first-order chi connectivity index (χ1) is 5.77. The van der Waals surface area contributed by atoms with Crippen LogP contribution in [0.2, 0.25) is 0 Å². The second kappa shape index (κ2) is 2.82. The molecule has 0 aromatic carbocycles. The fourth-order valence-corrected chi connectivity index (χ4v) is 1.56. The van der Waals surface area contributed by atoms with Crippen LogP contribution in [0.4, 0.5) is 5.13 Å². The first kappa shape index (κ1) is 7.67. The number of anilines is 1. The van der Waals surface area contributed by atoms with Gasteiger partial charge in [-0.1, -0.05) is 18.3 Å². The standard InChI is InChI=1S/C7H9N3OS/c1-4-2-5(4)6(11)9-7-10-8-3-12-7/h3-5H,2H2,1H3,(H,9,10,11)/t4-,5-/m1/s1. The molecule has 1 amide bonds. The third-order valence-electron chi connectivity index (χ3n) is 2.04. The predicted molar refractivity (Wildman–Crippen MR) is 45.8 cm³/mol. The Labute approximate surface area is 74.0 Å². The van der Waals surface area contributed by atoms with Crippen molar-refractivity contribution in [2.45, 2.75) is 13.3 Å². The van der Waals surface area contributed by atoms with Gasteiger partial charge in [0.25, 0.3) is 0 Å². The van der Waals surface area contributed by atoms with Gasteiger partial charge in [-0.15, -0.1) is 10.2 Å². The maximum atomic E-state index is 11.3. The molecule has 5 heteroatoms. The second-order valence-corrected chi connectivity index (χ2v) is 3.89. The van der Waals surface area contributed by atoms with Crippen molar-refractivity contribution < 1.29 is 4.79 Å². The lowest BCUT2D eigenvalue weighted by atomic mass is 10.3. The summed E-state index contributed by atoms with van der Waals surface area (Å²) < 4.78 is 0. The van der Waals surface area contributed by atoms with Gasteiger partial charge in [-0.2, -0.15) is 0 Å². The Morgan fingerprint density at radius 2 is 2.58 bits per heavy atom. The minimum atomic E-state index is 0.0826. The Bertz CT molecular complexity index is 285. The maximum Gasteiger partial charge on any atom is 0.229 e. The molecule has 0 bridgehead atoms. The fraction of sp³-hybridized carbons (Fsp3) is 0.571. The Morgan fingerprint density at radius 1 is 1.83 bits per heavy atom. The molecule has 0 aliphatic heterocycles. The summed E-state index contributed by atoms with van der Waals surface area (Å²) in [4.78, 5) is 11.3. The average Bonchev–Trinajstić information content (AvgIpc) is 2.58. The number of hydrogen-bond donors (Lipinski definition) is 1. The van der Waals surface area contributed by atoms with Gasteiger partial charge in [-0.05, 0) is 12.3 Å². The second-order valence-electron chi connectivity index (χ2n) is 3.05. The SMILES string of the molecule is C[C@@H]1C[C@H]1C(=O)Nc1nncs1. The van der Waals surface area contributed by atoms with Gasteiger partial charge in [-0.25, -0.2) is 0 Å². The van der Waals surface area contributed by atoms with Crippen molar-refractivity contribution in [3.63, 3.8) is 0 Å². The molecule has 2 rings (SSSR count). The highest BCUT2D eigenvalue weighted by atomic mass is 32.1. The molecular formula is C7H9N3OS. The van der Waals surface area contributed by atoms with E-state index in [-0.39, 0.29) is 11.8 Å². The average molecular weight is 183 g/mol. The van der Waals surface area contributed by atoms with E-state index in [4.69, 9.17) is 0 Å². The summed E-state index contributed by atoms with van der Waals surface area (Å²) in [6.45, 7) is 2.07. The van der Waals surface area contributed by atoms with Gasteiger partial charge in [0.15, 0.2) is 0 Å². The van der Waals surface area contributed by atoms with Crippen LogP contribution in [-0.2, 0) is 4.79 Å². The quantitative estimate of drug-likeness (QED) is 0.747. The minimum Gasteiger partial charge on any atom is -0.300 e. The van der Waals surface area contributed by atoms with E-state index in [2.05, 4.69) is 22.4 Å². The van der Waals surface area contributed by atoms with Crippen molar-refractivity contribution in [1.29, 1.82) is 0 Å². The van der Waals surface area contributed by atoms with Crippen LogP contribution < -0.4 is 5.32 Å². The zero-order valence-electron chi connectivity index (χ0n) is 6.65. The summed E-state index contributed by atoms with van der Waals surface area (Å²) in [5.41, 5.74) is 1.60. The molecule has 0 saturated heterocycles. The van der Waals surface area contributed by atoms with Crippen molar-refractivity contribution in [3.05, 3.63) is 5.51 Å². The molecular weight excluding hydrogens is 174 g/mol. The zero-order valence-corrected chi connectivity index (χ0v) is 7.47. The van der Waals surface area contributed by atoms with E-state index >= 15 is 0 Å². The van der Waals surface area contributed by atoms with Crippen LogP contribution in [0.25, 0.3) is 0 Å². The Balaban J connectivity index is 1.92. The number of nitrogens with one attached hydrogen (secondary N) is 1. The van der Waals surface area contributed by atoms with E-state index in [0.717, 1.165) is 6.42 Å². The molecule has 1 aliphatic carbocycles. The van der Waals surface area contributed by atoms with Gasteiger partial charge >= 0.3 is 0 Å². The highest BCUT2D eigenvalue weighted by Crippen LogP contribution is 2.38. The number of aromatic nitrogens is 2. The molecule has 1 aliphatic rings. The van der Waals surface area contributed by atoms with Gasteiger partial charge in [0.05, 0.1) is 0 Å². The predicted octanol–water partition coefficient (Wildman–Crippen LogP) is 1.13. The summed E-state index contributed by atoms with van der Waals surface area (Å²) in [5.74, 6) is 0.825. The Hall–Kier alpha value is -0.970. The van der Waals surface area contributed by atoms with Crippen LogP contribution in [0.5, 0.6) is 0 Å². The van der Waals surface area contributed by atoms with Crippen LogP contribution in [-0.4, -0.2) is 16.1 Å².